The number of halogens is 2. The van der Waals surface area contributed by atoms with Gasteiger partial charge < -0.3 is 28.4 Å². The fraction of sp³-hybridized carbons (Fsp3) is 0.861. The van der Waals surface area contributed by atoms with Gasteiger partial charge in [-0.3, -0.25) is 4.79 Å². The molecule has 1 amide bonds. The van der Waals surface area contributed by atoms with Gasteiger partial charge in [-0.1, -0.05) is 20.8 Å². The molecule has 2 N–H and O–H groups in total. The molecule has 7 unspecified atom stereocenters. The van der Waals surface area contributed by atoms with E-state index in [1.165, 1.54) is 11.6 Å². The number of carbonyl (C=O) groups excluding carboxylic acids is 1. The molecular weight excluding hydrogens is 1170 g/mol. The van der Waals surface area contributed by atoms with E-state index < -0.39 is 143 Å². The Bertz CT molecular complexity index is 2460. The molecule has 3 fully saturated rings. The Labute approximate surface area is 592 Å². The third-order valence-corrected chi connectivity index (χ3v) is 18.9. The molecule has 0 bridgehead atoms. The number of unbranched alkanes of at least 4 members (excludes halogenated alkanes) is 2. The summed E-state index contributed by atoms with van der Waals surface area (Å²) in [5.74, 6) is -1.57. The predicted octanol–water partition coefficient (Wildman–Crippen LogP) is -10.3. The third kappa shape index (κ3) is 23.5. The molecule has 0 aliphatic heterocycles. The number of sulfonamides is 1. The SMILES string of the molecule is CC(=O)NC1CC(N(CCCCS(=O)(=O)[O-])CCCCS(=O)(=O)[O-])CCC1N=Nc1c(C#N)c(C(C)(C)C)nn1C1C(Cl)CC(S(=O)(=O)NC2CC(S(=O)(=O)[O-])CC(S(=O)(=O)[O-])C2)CC1Cl.[K+].[K+].[K+].[K+]. The fourth-order valence-corrected chi connectivity index (χ4v) is 15.1. The normalized spacial score (nSPS) is 27.0. The van der Waals surface area contributed by atoms with Crippen LogP contribution in [0, 0.1) is 11.3 Å². The van der Waals surface area contributed by atoms with Crippen molar-refractivity contribution in [3.8, 4) is 6.07 Å². The number of carbonyl (C=O) groups is 1. The summed E-state index contributed by atoms with van der Waals surface area (Å²) in [5, 5.41) is 20.1. The fourth-order valence-electron chi connectivity index (χ4n) is 8.95. The maximum Gasteiger partial charge on any atom is 1.00 e. The van der Waals surface area contributed by atoms with Gasteiger partial charge in [0.1, 0.15) is 11.6 Å². The number of nitriles is 1. The molecule has 378 valence electrons. The van der Waals surface area contributed by atoms with Crippen molar-refractivity contribution in [2.24, 2.45) is 10.2 Å². The minimum absolute atomic E-state index is 0. The standard InChI is InChI=1S/C36H60Cl2N8O15S5.4K/c1-22(47)40-32-17-24(45(11-5-7-13-62(48,49)50)12-6-8-14-63(51,52)53)9-10-31(32)41-42-35-28(21-39)34(36(2,3)4)43-46(35)33-29(37)19-25(20-30(33)38)64(54,55)44-23-15-26(65(56,57)58)18-27(16-23)66(59,60)61;;;;/h23-27,29-33,44H,5-20H2,1-4H3,(H,40,47)(H,48,49,50)(H,51,52,53)(H,56,57,58)(H,59,60,61);;;;/q;4*+1/p-4. The molecule has 34 heteroatoms. The molecule has 0 saturated heterocycles. The molecule has 3 aliphatic carbocycles. The molecule has 1 heterocycles. The summed E-state index contributed by atoms with van der Waals surface area (Å²) >= 11 is 13.9. The summed E-state index contributed by atoms with van der Waals surface area (Å²) in [6.45, 7) is 7.36. The average molecular weight is 1230 g/mol. The van der Waals surface area contributed by atoms with Crippen molar-refractivity contribution in [2.45, 2.75) is 167 Å². The Kier molecular flexibility index (Phi) is 33.6. The zero-order valence-electron chi connectivity index (χ0n) is 40.7. The van der Waals surface area contributed by atoms with Crippen molar-refractivity contribution in [3.63, 3.8) is 0 Å². The average Bonchev–Trinajstić information content (AvgIpc) is 3.53. The minimum atomic E-state index is -5.10. The first-order chi connectivity index (χ1) is 30.2. The van der Waals surface area contributed by atoms with Crippen LogP contribution in [0.1, 0.15) is 122 Å². The summed E-state index contributed by atoms with van der Waals surface area (Å²) in [7, 11) is -23.6. The molecular formula is C36H56Cl2K4N8O15S5. The van der Waals surface area contributed by atoms with Gasteiger partial charge in [-0.25, -0.2) is 51.5 Å². The zero-order valence-corrected chi connectivity index (χ0v) is 58.8. The van der Waals surface area contributed by atoms with Crippen LogP contribution in [0.25, 0.3) is 0 Å². The number of hydrogen-bond donors (Lipinski definition) is 2. The Balaban J connectivity index is 0.0000119. The molecule has 3 aliphatic rings. The number of rotatable bonds is 20. The largest absolute Gasteiger partial charge is 1.00 e. The van der Waals surface area contributed by atoms with Crippen LogP contribution in [0.2, 0.25) is 0 Å². The molecule has 1 aromatic rings. The van der Waals surface area contributed by atoms with Crippen LogP contribution in [0.15, 0.2) is 10.2 Å². The zero-order chi connectivity index (χ0) is 49.8. The van der Waals surface area contributed by atoms with E-state index in [-0.39, 0.29) is 249 Å². The number of alkyl halides is 2. The molecule has 70 heavy (non-hydrogen) atoms. The van der Waals surface area contributed by atoms with E-state index in [1.54, 1.807) is 20.8 Å². The summed E-state index contributed by atoms with van der Waals surface area (Å²) in [6.07, 6.45) is -0.534. The van der Waals surface area contributed by atoms with Crippen LogP contribution in [0.4, 0.5) is 5.82 Å². The van der Waals surface area contributed by atoms with Gasteiger partial charge in [-0.05, 0) is 90.1 Å². The maximum atomic E-state index is 13.8. The summed E-state index contributed by atoms with van der Waals surface area (Å²) in [4.78, 5) is 14.5. The molecule has 7 atom stereocenters. The second-order valence-corrected chi connectivity index (χ2v) is 27.8. The molecule has 0 aromatic carbocycles. The van der Waals surface area contributed by atoms with Gasteiger partial charge in [-0.2, -0.15) is 15.5 Å². The van der Waals surface area contributed by atoms with Crippen molar-refractivity contribution in [2.75, 3.05) is 24.6 Å². The minimum Gasteiger partial charge on any atom is -0.748 e. The van der Waals surface area contributed by atoms with Crippen molar-refractivity contribution >= 4 is 85.4 Å². The van der Waals surface area contributed by atoms with Crippen molar-refractivity contribution in [3.05, 3.63) is 11.3 Å². The topological polar surface area (TPSA) is 374 Å². The summed E-state index contributed by atoms with van der Waals surface area (Å²) in [5.41, 5.74) is -0.441. The molecule has 4 rings (SSSR count). The quantitative estimate of drug-likeness (QED) is 0.0402. The number of azo groups is 1. The summed E-state index contributed by atoms with van der Waals surface area (Å²) < 4.78 is 170. The van der Waals surface area contributed by atoms with E-state index in [2.05, 4.69) is 26.3 Å². The Hall–Kier alpha value is 4.41. The Morgan fingerprint density at radius 3 is 1.67 bits per heavy atom. The van der Waals surface area contributed by atoms with Gasteiger partial charge in [0, 0.05) is 35.9 Å². The Morgan fingerprint density at radius 1 is 0.771 bits per heavy atom. The molecule has 3 saturated carbocycles. The molecule has 23 nitrogen and oxygen atoms in total. The third-order valence-electron chi connectivity index (χ3n) is 12.1. The molecule has 0 radical (unpaired) electrons. The first kappa shape index (κ1) is 74.4. The van der Waals surface area contributed by atoms with E-state index in [0.29, 0.717) is 50.9 Å². The van der Waals surface area contributed by atoms with E-state index in [0.717, 1.165) is 0 Å². The van der Waals surface area contributed by atoms with E-state index in [1.807, 2.05) is 4.90 Å². The van der Waals surface area contributed by atoms with Crippen LogP contribution >= 0.6 is 23.2 Å². The van der Waals surface area contributed by atoms with Crippen LogP contribution in [-0.4, -0.2) is 156 Å². The van der Waals surface area contributed by atoms with Gasteiger partial charge in [0.2, 0.25) is 15.9 Å². The van der Waals surface area contributed by atoms with Gasteiger partial charge in [-0.15, -0.1) is 28.3 Å². The van der Waals surface area contributed by atoms with Crippen LogP contribution in [-0.2, 0) is 60.7 Å². The number of aromatic nitrogens is 2. The van der Waals surface area contributed by atoms with Gasteiger partial charge >= 0.3 is 206 Å². The predicted molar refractivity (Wildman–Crippen MR) is 236 cm³/mol. The van der Waals surface area contributed by atoms with Crippen LogP contribution in [0.5, 0.6) is 0 Å². The van der Waals surface area contributed by atoms with Crippen molar-refractivity contribution in [1.29, 1.82) is 5.26 Å². The van der Waals surface area contributed by atoms with Gasteiger partial charge in [0.15, 0.2) is 5.82 Å². The van der Waals surface area contributed by atoms with E-state index in [4.69, 9.17) is 28.3 Å². The molecule has 0 spiro atoms. The smallest absolute Gasteiger partial charge is 0.748 e. The number of amides is 1. The second-order valence-electron chi connectivity index (χ2n) is 18.3. The van der Waals surface area contributed by atoms with Crippen LogP contribution < -0.4 is 216 Å². The van der Waals surface area contributed by atoms with Crippen LogP contribution in [0.3, 0.4) is 0 Å². The Morgan fingerprint density at radius 2 is 1.26 bits per heavy atom. The van der Waals surface area contributed by atoms with Crippen molar-refractivity contribution in [1.82, 2.24) is 24.7 Å². The van der Waals surface area contributed by atoms with Gasteiger partial charge in [0.05, 0.1) is 90.8 Å². The van der Waals surface area contributed by atoms with Gasteiger partial charge in [0.25, 0.3) is 0 Å². The first-order valence-electron chi connectivity index (χ1n) is 21.2. The second kappa shape index (κ2) is 31.6. The van der Waals surface area contributed by atoms with Crippen molar-refractivity contribution < 1.29 is 271 Å². The maximum absolute atomic E-state index is 13.8. The number of nitrogens with zero attached hydrogens (tertiary/aromatic N) is 6. The summed E-state index contributed by atoms with van der Waals surface area (Å²) in [6, 6.07) is -1.79. The first-order valence-corrected chi connectivity index (χ1v) is 29.7. The number of nitrogens with one attached hydrogen (secondary N) is 2. The van der Waals surface area contributed by atoms with E-state index in [9.17, 15) is 70.4 Å². The monoisotopic (exact) mass is 1230 g/mol. The molecule has 1 aromatic heterocycles. The number of hydrogen-bond acceptors (Lipinski definition) is 20. The van der Waals surface area contributed by atoms with E-state index >= 15 is 0 Å².